The Balaban J connectivity index is 1.64. The third-order valence-corrected chi connectivity index (χ3v) is 6.51. The number of nitrogens with zero attached hydrogens (tertiary/aromatic N) is 4. The zero-order valence-corrected chi connectivity index (χ0v) is 18.4. The van der Waals surface area contributed by atoms with Crippen molar-refractivity contribution in [2.75, 3.05) is 37.5 Å². The molecular weight excluding hydrogens is 396 g/mol. The highest BCUT2D eigenvalue weighted by Gasteiger charge is 2.36. The molecule has 28 heavy (non-hydrogen) atoms. The first kappa shape index (κ1) is 20.9. The van der Waals surface area contributed by atoms with Gasteiger partial charge in [-0.2, -0.15) is 4.37 Å². The van der Waals surface area contributed by atoms with Gasteiger partial charge in [0.2, 0.25) is 11.0 Å². The highest BCUT2D eigenvalue weighted by atomic mass is 35.5. The van der Waals surface area contributed by atoms with Gasteiger partial charge in [-0.3, -0.25) is 4.79 Å². The molecule has 0 unspecified atom stereocenters. The van der Waals surface area contributed by atoms with Crippen LogP contribution in [0.25, 0.3) is 0 Å². The zero-order chi connectivity index (χ0) is 20.3. The zero-order valence-electron chi connectivity index (χ0n) is 16.8. The van der Waals surface area contributed by atoms with E-state index >= 15 is 0 Å². The predicted octanol–water partition coefficient (Wildman–Crippen LogP) is 3.44. The van der Waals surface area contributed by atoms with Crippen LogP contribution in [0.2, 0.25) is 0 Å². The Morgan fingerprint density at radius 3 is 2.86 bits per heavy atom. The summed E-state index contributed by atoms with van der Waals surface area (Å²) in [5, 5.41) is 0.911. The van der Waals surface area contributed by atoms with E-state index in [0.29, 0.717) is 18.8 Å². The lowest BCUT2D eigenvalue weighted by molar-refractivity contribution is -0.141. The Morgan fingerprint density at radius 1 is 1.39 bits per heavy atom. The quantitative estimate of drug-likeness (QED) is 0.667. The van der Waals surface area contributed by atoms with Gasteiger partial charge in [-0.05, 0) is 38.5 Å². The van der Waals surface area contributed by atoms with E-state index in [2.05, 4.69) is 16.2 Å². The van der Waals surface area contributed by atoms with Gasteiger partial charge in [-0.25, -0.2) is 4.98 Å². The second kappa shape index (κ2) is 8.66. The van der Waals surface area contributed by atoms with Crippen LogP contribution in [0.5, 0.6) is 5.75 Å². The summed E-state index contributed by atoms with van der Waals surface area (Å²) in [4.78, 5) is 21.6. The number of amides is 1. The molecule has 0 bridgehead atoms. The van der Waals surface area contributed by atoms with Gasteiger partial charge in [0, 0.05) is 49.5 Å². The number of aromatic nitrogens is 2. The van der Waals surface area contributed by atoms with Crippen LogP contribution in [0.3, 0.4) is 0 Å². The molecular formula is C20H27ClN4O2S. The summed E-state index contributed by atoms with van der Waals surface area (Å²) < 4.78 is 9.80. The van der Waals surface area contributed by atoms with Crippen molar-refractivity contribution in [1.29, 1.82) is 0 Å². The SMILES string of the molecule is COc1cccc(Cc2nsc(N3CCN(C(=O)C(C)(C)CCl)[C@@H](C)C3)n2)c1. The topological polar surface area (TPSA) is 58.6 Å². The maximum absolute atomic E-state index is 12.8. The predicted molar refractivity (Wildman–Crippen MR) is 114 cm³/mol. The molecule has 1 fully saturated rings. The number of anilines is 1. The number of alkyl halides is 1. The molecule has 3 rings (SSSR count). The van der Waals surface area contributed by atoms with Gasteiger partial charge in [0.25, 0.3) is 0 Å². The van der Waals surface area contributed by atoms with Crippen molar-refractivity contribution >= 4 is 34.2 Å². The molecule has 8 heteroatoms. The monoisotopic (exact) mass is 422 g/mol. The van der Waals surface area contributed by atoms with Crippen LogP contribution in [-0.4, -0.2) is 58.8 Å². The summed E-state index contributed by atoms with van der Waals surface area (Å²) in [6, 6.07) is 8.06. The van der Waals surface area contributed by atoms with Crippen molar-refractivity contribution in [3.63, 3.8) is 0 Å². The van der Waals surface area contributed by atoms with Crippen LogP contribution < -0.4 is 9.64 Å². The molecule has 0 N–H and O–H groups in total. The molecule has 1 amide bonds. The molecule has 1 aliphatic heterocycles. The van der Waals surface area contributed by atoms with Gasteiger partial charge in [0.1, 0.15) is 11.6 Å². The lowest BCUT2D eigenvalue weighted by Crippen LogP contribution is -2.57. The highest BCUT2D eigenvalue weighted by molar-refractivity contribution is 7.09. The number of methoxy groups -OCH3 is 1. The third kappa shape index (κ3) is 4.58. The highest BCUT2D eigenvalue weighted by Crippen LogP contribution is 2.27. The number of carbonyl (C=O) groups excluding carboxylic acids is 1. The van der Waals surface area contributed by atoms with Crippen molar-refractivity contribution in [2.45, 2.75) is 33.2 Å². The number of ether oxygens (including phenoxy) is 1. The van der Waals surface area contributed by atoms with Gasteiger partial charge in [0.05, 0.1) is 12.5 Å². The van der Waals surface area contributed by atoms with Crippen LogP contribution in [0.15, 0.2) is 24.3 Å². The first-order valence-corrected chi connectivity index (χ1v) is 10.7. The molecule has 0 saturated carbocycles. The summed E-state index contributed by atoms with van der Waals surface area (Å²) in [6.07, 6.45) is 0.672. The maximum Gasteiger partial charge on any atom is 0.229 e. The van der Waals surface area contributed by atoms with Gasteiger partial charge >= 0.3 is 0 Å². The maximum atomic E-state index is 12.8. The summed E-state index contributed by atoms with van der Waals surface area (Å²) in [5.41, 5.74) is 0.584. The first-order valence-electron chi connectivity index (χ1n) is 9.41. The van der Waals surface area contributed by atoms with Crippen molar-refractivity contribution < 1.29 is 9.53 Å². The number of carbonyl (C=O) groups is 1. The smallest absolute Gasteiger partial charge is 0.229 e. The molecule has 0 radical (unpaired) electrons. The third-order valence-electron chi connectivity index (χ3n) is 5.03. The van der Waals surface area contributed by atoms with Crippen molar-refractivity contribution in [3.8, 4) is 5.75 Å². The summed E-state index contributed by atoms with van der Waals surface area (Å²) in [7, 11) is 1.66. The Kier molecular flexibility index (Phi) is 6.45. The number of hydrogen-bond acceptors (Lipinski definition) is 6. The molecule has 152 valence electrons. The van der Waals surface area contributed by atoms with Gasteiger partial charge in [-0.15, -0.1) is 11.6 Å². The summed E-state index contributed by atoms with van der Waals surface area (Å²) >= 11 is 7.40. The first-order chi connectivity index (χ1) is 13.3. The Labute approximate surface area is 175 Å². The van der Waals surface area contributed by atoms with E-state index in [1.54, 1.807) is 7.11 Å². The molecule has 1 saturated heterocycles. The van der Waals surface area contributed by atoms with E-state index in [9.17, 15) is 4.79 Å². The lowest BCUT2D eigenvalue weighted by atomic mass is 9.93. The molecule has 1 atom stereocenters. The lowest BCUT2D eigenvalue weighted by Gasteiger charge is -2.42. The van der Waals surface area contributed by atoms with E-state index in [4.69, 9.17) is 21.3 Å². The van der Waals surface area contributed by atoms with E-state index < -0.39 is 5.41 Å². The molecule has 1 aliphatic rings. The second-order valence-corrected chi connectivity index (χ2v) is 8.83. The average molecular weight is 423 g/mol. The second-order valence-electron chi connectivity index (χ2n) is 7.83. The van der Waals surface area contributed by atoms with E-state index in [-0.39, 0.29) is 11.9 Å². The number of piperazine rings is 1. The fourth-order valence-corrected chi connectivity index (χ4v) is 4.12. The van der Waals surface area contributed by atoms with Crippen molar-refractivity contribution in [3.05, 3.63) is 35.7 Å². The van der Waals surface area contributed by atoms with E-state index in [1.165, 1.54) is 11.5 Å². The van der Waals surface area contributed by atoms with Gasteiger partial charge in [-0.1, -0.05) is 12.1 Å². The number of rotatable bonds is 6. The molecule has 2 heterocycles. The van der Waals surface area contributed by atoms with E-state index in [0.717, 1.165) is 35.4 Å². The average Bonchev–Trinajstić information content (AvgIpc) is 3.16. The van der Waals surface area contributed by atoms with E-state index in [1.807, 2.05) is 43.0 Å². The largest absolute Gasteiger partial charge is 0.497 e. The standard InChI is InChI=1S/C20H27ClN4O2S/c1-14-12-24(8-9-25(14)18(26)20(2,3)13-21)19-22-17(23-28-19)11-15-6-5-7-16(10-15)27-4/h5-7,10,14H,8-9,11-13H2,1-4H3/t14-/m0/s1. The Bertz CT molecular complexity index is 826. The number of halogens is 1. The van der Waals surface area contributed by atoms with Crippen LogP contribution >= 0.6 is 23.1 Å². The van der Waals surface area contributed by atoms with Gasteiger partial charge < -0.3 is 14.5 Å². The minimum absolute atomic E-state index is 0.106. The molecule has 0 spiro atoms. The van der Waals surface area contributed by atoms with Crippen molar-refractivity contribution in [1.82, 2.24) is 14.3 Å². The van der Waals surface area contributed by atoms with Crippen LogP contribution in [-0.2, 0) is 11.2 Å². The van der Waals surface area contributed by atoms with Crippen LogP contribution in [0.4, 0.5) is 5.13 Å². The minimum atomic E-state index is -0.537. The Morgan fingerprint density at radius 2 is 2.18 bits per heavy atom. The molecule has 6 nitrogen and oxygen atoms in total. The number of hydrogen-bond donors (Lipinski definition) is 0. The summed E-state index contributed by atoms with van der Waals surface area (Å²) in [5.74, 6) is 2.08. The molecule has 0 aliphatic carbocycles. The molecule has 1 aromatic carbocycles. The fourth-order valence-electron chi connectivity index (χ4n) is 3.29. The van der Waals surface area contributed by atoms with Crippen molar-refractivity contribution in [2.24, 2.45) is 5.41 Å². The normalized spacial score (nSPS) is 17.7. The molecule has 2 aromatic rings. The molecule has 1 aromatic heterocycles. The Hall–Kier alpha value is -1.86. The number of benzene rings is 1. The summed E-state index contributed by atoms with van der Waals surface area (Å²) in [6.45, 7) is 8.05. The fraction of sp³-hybridized carbons (Fsp3) is 0.550. The van der Waals surface area contributed by atoms with Gasteiger partial charge in [0.15, 0.2) is 0 Å². The van der Waals surface area contributed by atoms with Crippen LogP contribution in [0, 0.1) is 5.41 Å². The van der Waals surface area contributed by atoms with Crippen LogP contribution in [0.1, 0.15) is 32.2 Å². The minimum Gasteiger partial charge on any atom is -0.497 e.